The van der Waals surface area contributed by atoms with E-state index in [1.54, 1.807) is 11.1 Å². The van der Waals surface area contributed by atoms with E-state index in [9.17, 15) is 4.79 Å². The third-order valence-electron chi connectivity index (χ3n) is 4.31. The molecule has 9 nitrogen and oxygen atoms in total. The molecule has 0 saturated carbocycles. The van der Waals surface area contributed by atoms with Gasteiger partial charge in [-0.15, -0.1) is 0 Å². The molecule has 4 heterocycles. The minimum Gasteiger partial charge on any atom is -0.358 e. The van der Waals surface area contributed by atoms with Gasteiger partial charge in [-0.05, 0) is 39.8 Å². The van der Waals surface area contributed by atoms with Gasteiger partial charge in [-0.1, -0.05) is 0 Å². The maximum Gasteiger partial charge on any atom is 0.248 e. The van der Waals surface area contributed by atoms with E-state index in [0.29, 0.717) is 28.8 Å². The van der Waals surface area contributed by atoms with Crippen molar-refractivity contribution in [2.24, 2.45) is 0 Å². The minimum atomic E-state index is -0.398. The number of carbonyl (C=O) groups excluding carboxylic acids is 1. The highest BCUT2D eigenvalue weighted by Gasteiger charge is 2.35. The summed E-state index contributed by atoms with van der Waals surface area (Å²) >= 11 is 0. The lowest BCUT2D eigenvalue weighted by Gasteiger charge is -2.38. The molecule has 0 radical (unpaired) electrons. The number of H-pyrrole nitrogens is 1. The Balaban J connectivity index is 1.78. The van der Waals surface area contributed by atoms with Crippen LogP contribution in [0, 0.1) is 6.92 Å². The summed E-state index contributed by atoms with van der Waals surface area (Å²) in [6.45, 7) is 8.06. The molecule has 0 aromatic carbocycles. The first-order chi connectivity index (χ1) is 12.8. The average molecular weight is 364 g/mol. The Morgan fingerprint density at radius 3 is 2.59 bits per heavy atom. The van der Waals surface area contributed by atoms with Gasteiger partial charge in [-0.3, -0.25) is 14.8 Å². The fourth-order valence-electron chi connectivity index (χ4n) is 3.13. The van der Waals surface area contributed by atoms with E-state index in [2.05, 4.69) is 30.5 Å². The molecule has 0 spiro atoms. The molecule has 138 valence electrons. The zero-order valence-corrected chi connectivity index (χ0v) is 15.6. The molecular weight excluding hydrogens is 344 g/mol. The summed E-state index contributed by atoms with van der Waals surface area (Å²) in [7, 11) is 0. The SMILES string of the molecule is Cc1nc(-c2ncn[nH]2)ccc1-c1cnc2c(n1)N(C(C)(C)C)C(=O)CN2. The van der Waals surface area contributed by atoms with Crippen molar-refractivity contribution in [3.63, 3.8) is 0 Å². The van der Waals surface area contributed by atoms with E-state index in [-0.39, 0.29) is 12.5 Å². The number of aromatic amines is 1. The van der Waals surface area contributed by atoms with E-state index < -0.39 is 5.54 Å². The molecule has 1 aliphatic heterocycles. The maximum absolute atomic E-state index is 12.5. The monoisotopic (exact) mass is 364 g/mol. The molecule has 27 heavy (non-hydrogen) atoms. The molecule has 0 saturated heterocycles. The van der Waals surface area contributed by atoms with Gasteiger partial charge in [0.15, 0.2) is 17.5 Å². The number of pyridine rings is 1. The van der Waals surface area contributed by atoms with Crippen LogP contribution in [0.5, 0.6) is 0 Å². The number of nitrogens with one attached hydrogen (secondary N) is 2. The lowest BCUT2D eigenvalue weighted by atomic mass is 10.0. The largest absolute Gasteiger partial charge is 0.358 e. The van der Waals surface area contributed by atoms with Crippen molar-refractivity contribution in [1.82, 2.24) is 30.1 Å². The topological polar surface area (TPSA) is 113 Å². The zero-order valence-electron chi connectivity index (χ0n) is 15.6. The molecule has 0 bridgehead atoms. The number of carbonyl (C=O) groups is 1. The molecule has 2 N–H and O–H groups in total. The average Bonchev–Trinajstić information content (AvgIpc) is 3.14. The lowest BCUT2D eigenvalue weighted by Crippen LogP contribution is -2.51. The Labute approximate surface area is 156 Å². The van der Waals surface area contributed by atoms with Crippen LogP contribution in [0.25, 0.3) is 22.8 Å². The standard InChI is InChI=1S/C18H20N8O/c1-10-11(5-6-12(23-10)15-21-9-22-25-15)13-7-19-16-17(24-13)26(18(2,3)4)14(27)8-20-16/h5-7,9H,8H2,1-4H3,(H,19,20)(H,21,22,25). The molecule has 1 aliphatic rings. The van der Waals surface area contributed by atoms with Gasteiger partial charge in [-0.2, -0.15) is 5.10 Å². The van der Waals surface area contributed by atoms with Gasteiger partial charge in [0.1, 0.15) is 12.0 Å². The Bertz CT molecular complexity index is 1010. The van der Waals surface area contributed by atoms with Gasteiger partial charge in [0, 0.05) is 16.8 Å². The molecule has 0 aliphatic carbocycles. The fraction of sp³-hybridized carbons (Fsp3) is 0.333. The molecule has 3 aromatic rings. The van der Waals surface area contributed by atoms with Crippen LogP contribution in [-0.4, -0.2) is 48.1 Å². The van der Waals surface area contributed by atoms with E-state index in [4.69, 9.17) is 4.98 Å². The quantitative estimate of drug-likeness (QED) is 0.716. The van der Waals surface area contributed by atoms with Gasteiger partial charge in [0.05, 0.1) is 18.4 Å². The Morgan fingerprint density at radius 1 is 1.11 bits per heavy atom. The van der Waals surface area contributed by atoms with E-state index in [1.807, 2.05) is 39.8 Å². The van der Waals surface area contributed by atoms with Crippen molar-refractivity contribution in [3.05, 3.63) is 30.4 Å². The van der Waals surface area contributed by atoms with Crippen LogP contribution in [-0.2, 0) is 4.79 Å². The predicted octanol–water partition coefficient (Wildman–Crippen LogP) is 2.19. The normalized spacial score (nSPS) is 14.1. The number of nitrogens with zero attached hydrogens (tertiary/aromatic N) is 6. The zero-order chi connectivity index (χ0) is 19.2. The minimum absolute atomic E-state index is 0.0306. The third-order valence-corrected chi connectivity index (χ3v) is 4.31. The lowest BCUT2D eigenvalue weighted by molar-refractivity contribution is -0.118. The first kappa shape index (κ1) is 17.1. The maximum atomic E-state index is 12.5. The van der Waals surface area contributed by atoms with Crippen molar-refractivity contribution >= 4 is 17.5 Å². The number of hydrogen-bond acceptors (Lipinski definition) is 7. The summed E-state index contributed by atoms with van der Waals surface area (Å²) in [5.41, 5.74) is 2.60. The van der Waals surface area contributed by atoms with Gasteiger partial charge in [0.25, 0.3) is 0 Å². The Hall–Kier alpha value is -3.36. The van der Waals surface area contributed by atoms with Crippen molar-refractivity contribution in [1.29, 1.82) is 0 Å². The predicted molar refractivity (Wildman–Crippen MR) is 101 cm³/mol. The van der Waals surface area contributed by atoms with Crippen LogP contribution in [0.3, 0.4) is 0 Å². The molecule has 3 aromatic heterocycles. The van der Waals surface area contributed by atoms with E-state index in [0.717, 1.165) is 11.3 Å². The number of rotatable bonds is 2. The van der Waals surface area contributed by atoms with Crippen LogP contribution in [0.15, 0.2) is 24.7 Å². The van der Waals surface area contributed by atoms with Crippen molar-refractivity contribution in [3.8, 4) is 22.8 Å². The molecule has 9 heteroatoms. The van der Waals surface area contributed by atoms with Crippen molar-refractivity contribution < 1.29 is 4.79 Å². The summed E-state index contributed by atoms with van der Waals surface area (Å²) in [5, 5.41) is 9.69. The molecular formula is C18H20N8O. The molecule has 0 atom stereocenters. The first-order valence-corrected chi connectivity index (χ1v) is 8.62. The fourth-order valence-corrected chi connectivity index (χ4v) is 3.13. The van der Waals surface area contributed by atoms with E-state index in [1.165, 1.54) is 6.33 Å². The number of hydrogen-bond donors (Lipinski definition) is 2. The molecule has 1 amide bonds. The molecule has 0 fully saturated rings. The number of fused-ring (bicyclic) bond motifs is 1. The summed E-state index contributed by atoms with van der Waals surface area (Å²) < 4.78 is 0. The summed E-state index contributed by atoms with van der Waals surface area (Å²) in [4.78, 5) is 32.1. The van der Waals surface area contributed by atoms with Crippen LogP contribution < -0.4 is 10.2 Å². The Morgan fingerprint density at radius 2 is 1.93 bits per heavy atom. The van der Waals surface area contributed by atoms with Crippen molar-refractivity contribution in [2.45, 2.75) is 33.2 Å². The smallest absolute Gasteiger partial charge is 0.248 e. The van der Waals surface area contributed by atoms with E-state index >= 15 is 0 Å². The van der Waals surface area contributed by atoms with Gasteiger partial charge >= 0.3 is 0 Å². The second-order valence-electron chi connectivity index (χ2n) is 7.34. The highest BCUT2D eigenvalue weighted by Crippen LogP contribution is 2.33. The second-order valence-corrected chi connectivity index (χ2v) is 7.34. The van der Waals surface area contributed by atoms with Crippen LogP contribution in [0.4, 0.5) is 11.6 Å². The highest BCUT2D eigenvalue weighted by molar-refractivity contribution is 6.02. The molecule has 4 rings (SSSR count). The second kappa shape index (κ2) is 6.11. The van der Waals surface area contributed by atoms with Gasteiger partial charge in [-0.25, -0.2) is 19.9 Å². The number of aromatic nitrogens is 6. The first-order valence-electron chi connectivity index (χ1n) is 8.62. The van der Waals surface area contributed by atoms with Crippen molar-refractivity contribution in [2.75, 3.05) is 16.8 Å². The third kappa shape index (κ3) is 3.01. The van der Waals surface area contributed by atoms with Crippen LogP contribution in [0.1, 0.15) is 26.5 Å². The van der Waals surface area contributed by atoms with Crippen LogP contribution >= 0.6 is 0 Å². The molecule has 0 unspecified atom stereocenters. The Kier molecular flexibility index (Phi) is 3.87. The highest BCUT2D eigenvalue weighted by atomic mass is 16.2. The summed E-state index contributed by atoms with van der Waals surface area (Å²) in [6.07, 6.45) is 3.14. The summed E-state index contributed by atoms with van der Waals surface area (Å²) in [6, 6.07) is 3.78. The van der Waals surface area contributed by atoms with Crippen LogP contribution in [0.2, 0.25) is 0 Å². The number of anilines is 2. The van der Waals surface area contributed by atoms with Gasteiger partial charge in [0.2, 0.25) is 5.91 Å². The number of amides is 1. The summed E-state index contributed by atoms with van der Waals surface area (Å²) in [5.74, 6) is 1.72. The van der Waals surface area contributed by atoms with Gasteiger partial charge < -0.3 is 5.32 Å². The number of aryl methyl sites for hydroxylation is 1.